The topological polar surface area (TPSA) is 76.5 Å². The number of rotatable bonds is 4. The zero-order valence-electron chi connectivity index (χ0n) is 14.2. The Kier molecular flexibility index (Phi) is 4.22. The molecule has 9 heteroatoms. The van der Waals surface area contributed by atoms with Crippen LogP contribution in [0.1, 0.15) is 41.7 Å². The average molecular weight is 394 g/mol. The summed E-state index contributed by atoms with van der Waals surface area (Å²) in [4.78, 5) is 27.5. The summed E-state index contributed by atoms with van der Waals surface area (Å²) in [5.74, 6) is -2.43. The van der Waals surface area contributed by atoms with E-state index in [2.05, 4.69) is 10.1 Å². The number of H-pyrrole nitrogens is 1. The molecule has 1 N–H and O–H groups in total. The minimum Gasteiger partial charge on any atom is -0.461 e. The molecule has 2 aromatic heterocycles. The van der Waals surface area contributed by atoms with Crippen LogP contribution in [0.3, 0.4) is 0 Å². The quantitative estimate of drug-likeness (QED) is 0.542. The summed E-state index contributed by atoms with van der Waals surface area (Å²) < 4.78 is 33.8. The Labute approximate surface area is 156 Å². The maximum absolute atomic E-state index is 13.8. The molecule has 0 saturated heterocycles. The van der Waals surface area contributed by atoms with Gasteiger partial charge >= 0.3 is 5.97 Å². The van der Waals surface area contributed by atoms with Gasteiger partial charge in [-0.15, -0.1) is 0 Å². The molecule has 3 aromatic rings. The SMILES string of the molecule is CCOC(=O)c1nn2cc(-c3cc(F)c(Cl)c(F)c3)[nH]c(=O)c2c1C1CC1. The Morgan fingerprint density at radius 2 is 2.04 bits per heavy atom. The molecule has 0 unspecified atom stereocenters. The van der Waals surface area contributed by atoms with E-state index >= 15 is 0 Å². The highest BCUT2D eigenvalue weighted by molar-refractivity contribution is 6.31. The van der Waals surface area contributed by atoms with Crippen LogP contribution in [0.25, 0.3) is 16.8 Å². The smallest absolute Gasteiger partial charge is 0.359 e. The van der Waals surface area contributed by atoms with E-state index in [0.717, 1.165) is 25.0 Å². The number of nitrogens with one attached hydrogen (secondary N) is 1. The van der Waals surface area contributed by atoms with Crippen LogP contribution in [0.15, 0.2) is 23.1 Å². The van der Waals surface area contributed by atoms with Gasteiger partial charge < -0.3 is 9.72 Å². The van der Waals surface area contributed by atoms with E-state index in [9.17, 15) is 18.4 Å². The average Bonchev–Trinajstić information content (AvgIpc) is 3.39. The minimum absolute atomic E-state index is 0.0688. The number of carbonyl (C=O) groups excluding carboxylic acids is 1. The van der Waals surface area contributed by atoms with Crippen molar-refractivity contribution >= 4 is 23.1 Å². The standard InChI is InChI=1S/C18H14ClF2N3O3/c1-2-27-18(26)15-13(8-3-4-8)16-17(25)22-12(7-24(16)23-15)9-5-10(20)14(19)11(21)6-9/h5-8H,2-4H2,1H3,(H,22,25). The van der Waals surface area contributed by atoms with Crippen LogP contribution in [0.5, 0.6) is 0 Å². The van der Waals surface area contributed by atoms with Gasteiger partial charge in [0, 0.05) is 11.1 Å². The van der Waals surface area contributed by atoms with Gasteiger partial charge in [0.2, 0.25) is 0 Å². The second-order valence-electron chi connectivity index (χ2n) is 6.30. The molecule has 0 radical (unpaired) electrons. The Bertz CT molecular complexity index is 1110. The van der Waals surface area contributed by atoms with E-state index in [1.165, 1.54) is 10.7 Å². The van der Waals surface area contributed by atoms with Crippen LogP contribution in [0.4, 0.5) is 8.78 Å². The van der Waals surface area contributed by atoms with Crippen molar-refractivity contribution in [1.82, 2.24) is 14.6 Å². The molecular formula is C18H14ClF2N3O3. The normalized spacial score (nSPS) is 13.9. The highest BCUT2D eigenvalue weighted by atomic mass is 35.5. The number of hydrogen-bond donors (Lipinski definition) is 1. The first-order valence-corrected chi connectivity index (χ1v) is 8.76. The van der Waals surface area contributed by atoms with Gasteiger partial charge in [0.15, 0.2) is 5.69 Å². The van der Waals surface area contributed by atoms with Crippen molar-refractivity contribution in [3.63, 3.8) is 0 Å². The number of fused-ring (bicyclic) bond motifs is 1. The van der Waals surface area contributed by atoms with E-state index in [0.29, 0.717) is 5.56 Å². The Hall–Kier alpha value is -2.74. The third-order valence-electron chi connectivity index (χ3n) is 4.41. The van der Waals surface area contributed by atoms with Crippen LogP contribution in [-0.2, 0) is 4.74 Å². The number of hydrogen-bond acceptors (Lipinski definition) is 4. The van der Waals surface area contributed by atoms with Gasteiger partial charge in [-0.1, -0.05) is 11.6 Å². The van der Waals surface area contributed by atoms with Crippen LogP contribution >= 0.6 is 11.6 Å². The number of nitrogens with zero attached hydrogens (tertiary/aromatic N) is 2. The van der Waals surface area contributed by atoms with Crippen molar-refractivity contribution in [1.29, 1.82) is 0 Å². The predicted octanol–water partition coefficient (Wildman–Crippen LogP) is 3.68. The lowest BCUT2D eigenvalue weighted by atomic mass is 10.1. The van der Waals surface area contributed by atoms with Crippen molar-refractivity contribution in [2.24, 2.45) is 0 Å². The first-order chi connectivity index (χ1) is 12.9. The second kappa shape index (κ2) is 6.45. The van der Waals surface area contributed by atoms with Crippen molar-refractivity contribution in [2.75, 3.05) is 6.61 Å². The molecule has 6 nitrogen and oxygen atoms in total. The summed E-state index contributed by atoms with van der Waals surface area (Å²) in [7, 11) is 0. The first kappa shape index (κ1) is 17.7. The molecule has 1 aliphatic rings. The lowest BCUT2D eigenvalue weighted by Crippen LogP contribution is -2.12. The van der Waals surface area contributed by atoms with Gasteiger partial charge in [-0.25, -0.2) is 18.1 Å². The molecule has 140 valence electrons. The van der Waals surface area contributed by atoms with Crippen LogP contribution in [0.2, 0.25) is 5.02 Å². The highest BCUT2D eigenvalue weighted by Crippen LogP contribution is 2.43. The van der Waals surface area contributed by atoms with E-state index in [1.807, 2.05) is 0 Å². The monoisotopic (exact) mass is 393 g/mol. The fourth-order valence-corrected chi connectivity index (χ4v) is 3.18. The number of esters is 1. The lowest BCUT2D eigenvalue weighted by Gasteiger charge is -2.05. The number of halogens is 3. The van der Waals surface area contributed by atoms with Crippen molar-refractivity contribution < 1.29 is 18.3 Å². The van der Waals surface area contributed by atoms with E-state index in [-0.39, 0.29) is 35.0 Å². The van der Waals surface area contributed by atoms with Crippen LogP contribution < -0.4 is 5.56 Å². The number of benzene rings is 1. The third-order valence-corrected chi connectivity index (χ3v) is 4.77. The Morgan fingerprint density at radius 1 is 1.37 bits per heavy atom. The molecule has 0 amide bonds. The zero-order chi connectivity index (χ0) is 19.3. The summed E-state index contributed by atoms with van der Waals surface area (Å²) in [6.45, 7) is 1.86. The van der Waals surface area contributed by atoms with Crippen molar-refractivity contribution in [3.05, 3.63) is 56.6 Å². The summed E-state index contributed by atoms with van der Waals surface area (Å²) in [6, 6.07) is 2.03. The van der Waals surface area contributed by atoms with E-state index in [4.69, 9.17) is 16.3 Å². The Balaban J connectivity index is 1.92. The van der Waals surface area contributed by atoms with Crippen molar-refractivity contribution in [3.8, 4) is 11.3 Å². The van der Waals surface area contributed by atoms with Gasteiger partial charge in [-0.3, -0.25) is 4.79 Å². The van der Waals surface area contributed by atoms with Gasteiger partial charge in [0.1, 0.15) is 22.2 Å². The largest absolute Gasteiger partial charge is 0.461 e. The number of ether oxygens (including phenoxy) is 1. The van der Waals surface area contributed by atoms with Crippen LogP contribution in [0, 0.1) is 11.6 Å². The molecular weight excluding hydrogens is 380 g/mol. The molecule has 0 aliphatic heterocycles. The number of aromatic amines is 1. The molecule has 1 fully saturated rings. The second-order valence-corrected chi connectivity index (χ2v) is 6.68. The molecule has 1 saturated carbocycles. The number of carbonyl (C=O) groups is 1. The highest BCUT2D eigenvalue weighted by Gasteiger charge is 2.34. The van der Waals surface area contributed by atoms with Gasteiger partial charge in [0.05, 0.1) is 18.5 Å². The summed E-state index contributed by atoms with van der Waals surface area (Å²) in [5, 5.41) is 3.59. The summed E-state index contributed by atoms with van der Waals surface area (Å²) in [6.07, 6.45) is 3.11. The van der Waals surface area contributed by atoms with Crippen LogP contribution in [-0.4, -0.2) is 27.2 Å². The molecule has 0 atom stereocenters. The Morgan fingerprint density at radius 3 is 2.63 bits per heavy atom. The molecule has 4 rings (SSSR count). The summed E-state index contributed by atoms with van der Waals surface area (Å²) in [5.41, 5.74) is 0.606. The maximum atomic E-state index is 13.8. The molecule has 27 heavy (non-hydrogen) atoms. The molecule has 1 aromatic carbocycles. The summed E-state index contributed by atoms with van der Waals surface area (Å²) >= 11 is 5.50. The fourth-order valence-electron chi connectivity index (χ4n) is 3.07. The lowest BCUT2D eigenvalue weighted by molar-refractivity contribution is 0.0517. The third kappa shape index (κ3) is 2.99. The van der Waals surface area contributed by atoms with Gasteiger partial charge in [-0.2, -0.15) is 5.10 Å². The van der Waals surface area contributed by atoms with Gasteiger partial charge in [-0.05, 0) is 37.8 Å². The number of aromatic nitrogens is 3. The first-order valence-electron chi connectivity index (χ1n) is 8.38. The fraction of sp³-hybridized carbons (Fsp3) is 0.278. The maximum Gasteiger partial charge on any atom is 0.359 e. The molecule has 0 spiro atoms. The van der Waals surface area contributed by atoms with E-state index < -0.39 is 28.2 Å². The predicted molar refractivity (Wildman–Crippen MR) is 94.1 cm³/mol. The minimum atomic E-state index is -0.945. The van der Waals surface area contributed by atoms with Crippen molar-refractivity contribution in [2.45, 2.75) is 25.7 Å². The molecule has 0 bridgehead atoms. The van der Waals surface area contributed by atoms with E-state index in [1.54, 1.807) is 6.92 Å². The molecule has 1 aliphatic carbocycles. The zero-order valence-corrected chi connectivity index (χ0v) is 14.9. The van der Waals surface area contributed by atoms with Gasteiger partial charge in [0.25, 0.3) is 5.56 Å². The molecule has 2 heterocycles.